The van der Waals surface area contributed by atoms with Crippen LogP contribution < -0.4 is 4.74 Å². The third-order valence-electron chi connectivity index (χ3n) is 5.12. The molecule has 0 aromatic heterocycles. The second-order valence-corrected chi connectivity index (χ2v) is 7.02. The Balaban J connectivity index is 1.66. The van der Waals surface area contributed by atoms with Gasteiger partial charge in [0.15, 0.2) is 11.6 Å². The first-order chi connectivity index (χ1) is 12.1. The van der Waals surface area contributed by atoms with Crippen LogP contribution in [0.1, 0.15) is 55.2 Å². The molecule has 3 rings (SSSR count). The summed E-state index contributed by atoms with van der Waals surface area (Å²) in [5.41, 5.74) is 2.96. The van der Waals surface area contributed by atoms with Crippen molar-refractivity contribution in [3.63, 3.8) is 0 Å². The SMILES string of the molecule is [CH]=C(c1ccccc1)c1cc(C)c(OCCC2CCCCC2)c(F)c1. The zero-order valence-corrected chi connectivity index (χ0v) is 14.9. The number of ether oxygens (including phenoxy) is 1. The number of hydrogen-bond acceptors (Lipinski definition) is 1. The molecule has 0 N–H and O–H groups in total. The van der Waals surface area contributed by atoms with E-state index in [2.05, 4.69) is 0 Å². The van der Waals surface area contributed by atoms with Gasteiger partial charge in [-0.05, 0) is 53.7 Å². The van der Waals surface area contributed by atoms with Crippen molar-refractivity contribution >= 4 is 5.57 Å². The first kappa shape index (κ1) is 17.7. The lowest BCUT2D eigenvalue weighted by atomic mass is 9.87. The average molecular weight is 337 g/mol. The van der Waals surface area contributed by atoms with E-state index >= 15 is 0 Å². The van der Waals surface area contributed by atoms with E-state index < -0.39 is 0 Å². The zero-order valence-electron chi connectivity index (χ0n) is 14.9. The van der Waals surface area contributed by atoms with Gasteiger partial charge in [-0.2, -0.15) is 0 Å². The van der Waals surface area contributed by atoms with E-state index in [9.17, 15) is 4.39 Å². The minimum absolute atomic E-state index is 0.336. The normalized spacial score (nSPS) is 15.1. The van der Waals surface area contributed by atoms with E-state index in [4.69, 9.17) is 11.3 Å². The van der Waals surface area contributed by atoms with Crippen molar-refractivity contribution in [3.05, 3.63) is 71.6 Å². The van der Waals surface area contributed by atoms with Gasteiger partial charge in [0, 0.05) is 0 Å². The fourth-order valence-corrected chi connectivity index (χ4v) is 3.66. The monoisotopic (exact) mass is 337 g/mol. The second-order valence-electron chi connectivity index (χ2n) is 7.02. The summed E-state index contributed by atoms with van der Waals surface area (Å²) in [5.74, 6) is 0.761. The van der Waals surface area contributed by atoms with Crippen molar-refractivity contribution in [2.24, 2.45) is 5.92 Å². The Hall–Kier alpha value is -2.09. The molecule has 0 amide bonds. The van der Waals surface area contributed by atoms with E-state index in [1.165, 1.54) is 38.2 Å². The van der Waals surface area contributed by atoms with Crippen LogP contribution in [-0.4, -0.2) is 6.61 Å². The van der Waals surface area contributed by atoms with Crippen molar-refractivity contribution in [3.8, 4) is 5.75 Å². The molecule has 25 heavy (non-hydrogen) atoms. The third-order valence-corrected chi connectivity index (χ3v) is 5.12. The van der Waals surface area contributed by atoms with Gasteiger partial charge in [-0.25, -0.2) is 4.39 Å². The molecular weight excluding hydrogens is 311 g/mol. The topological polar surface area (TPSA) is 9.23 Å². The van der Waals surface area contributed by atoms with Crippen LogP contribution in [0.2, 0.25) is 0 Å². The molecule has 1 fully saturated rings. The zero-order chi connectivity index (χ0) is 17.6. The van der Waals surface area contributed by atoms with Crippen LogP contribution in [0.4, 0.5) is 4.39 Å². The number of aryl methyl sites for hydroxylation is 1. The minimum atomic E-state index is -0.336. The van der Waals surface area contributed by atoms with Crippen LogP contribution >= 0.6 is 0 Å². The molecule has 131 valence electrons. The van der Waals surface area contributed by atoms with Gasteiger partial charge in [0.1, 0.15) is 0 Å². The van der Waals surface area contributed by atoms with Crippen LogP contribution in [0.25, 0.3) is 5.57 Å². The standard InChI is InChI=1S/C23H26FO/c1-17-15-21(18(2)20-11-7-4-8-12-20)16-22(24)23(17)25-14-13-19-9-5-3-6-10-19/h2,4,7-8,11-12,15-16,19H,3,5-6,9-10,13-14H2,1H3. The van der Waals surface area contributed by atoms with Gasteiger partial charge in [0.2, 0.25) is 0 Å². The third kappa shape index (κ3) is 4.50. The predicted octanol–water partition coefficient (Wildman–Crippen LogP) is 6.35. The molecule has 0 bridgehead atoms. The van der Waals surface area contributed by atoms with Crippen molar-refractivity contribution in [1.29, 1.82) is 0 Å². The Morgan fingerprint density at radius 1 is 1.08 bits per heavy atom. The summed E-state index contributed by atoms with van der Waals surface area (Å²) in [6, 6.07) is 13.0. The van der Waals surface area contributed by atoms with Gasteiger partial charge < -0.3 is 4.74 Å². The van der Waals surface area contributed by atoms with Gasteiger partial charge in [0.25, 0.3) is 0 Å². The number of rotatable bonds is 6. The molecule has 1 nitrogen and oxygen atoms in total. The van der Waals surface area contributed by atoms with Gasteiger partial charge in [-0.15, -0.1) is 0 Å². The van der Waals surface area contributed by atoms with E-state index in [-0.39, 0.29) is 5.82 Å². The summed E-state index contributed by atoms with van der Waals surface area (Å²) >= 11 is 0. The molecule has 0 saturated heterocycles. The van der Waals surface area contributed by atoms with Gasteiger partial charge >= 0.3 is 0 Å². The highest BCUT2D eigenvalue weighted by Crippen LogP contribution is 2.31. The first-order valence-corrected chi connectivity index (χ1v) is 9.26. The first-order valence-electron chi connectivity index (χ1n) is 9.26. The van der Waals surface area contributed by atoms with Gasteiger partial charge in [-0.3, -0.25) is 0 Å². The number of benzene rings is 2. The highest BCUT2D eigenvalue weighted by molar-refractivity contribution is 5.77. The Kier molecular flexibility index (Phi) is 5.91. The summed E-state index contributed by atoms with van der Waals surface area (Å²) in [5, 5.41) is 0. The van der Waals surface area contributed by atoms with E-state index in [0.29, 0.717) is 23.5 Å². The fraction of sp³-hybridized carbons (Fsp3) is 0.391. The van der Waals surface area contributed by atoms with Crippen LogP contribution in [0.3, 0.4) is 0 Å². The quantitative estimate of drug-likeness (QED) is 0.597. The molecule has 1 radical (unpaired) electrons. The van der Waals surface area contributed by atoms with Crippen molar-refractivity contribution in [2.45, 2.75) is 45.4 Å². The molecule has 0 aliphatic heterocycles. The highest BCUT2D eigenvalue weighted by atomic mass is 19.1. The van der Waals surface area contributed by atoms with E-state index in [1.807, 2.05) is 43.3 Å². The van der Waals surface area contributed by atoms with Gasteiger partial charge in [-0.1, -0.05) is 69.0 Å². The lowest BCUT2D eigenvalue weighted by molar-refractivity contribution is 0.238. The lowest BCUT2D eigenvalue weighted by Crippen LogP contribution is -2.11. The Morgan fingerprint density at radius 2 is 1.80 bits per heavy atom. The molecule has 0 unspecified atom stereocenters. The maximum atomic E-state index is 14.6. The lowest BCUT2D eigenvalue weighted by Gasteiger charge is -2.21. The Bertz CT molecular complexity index is 691. The van der Waals surface area contributed by atoms with E-state index in [1.54, 1.807) is 0 Å². The van der Waals surface area contributed by atoms with Gasteiger partial charge in [0.05, 0.1) is 6.61 Å². The smallest absolute Gasteiger partial charge is 0.165 e. The van der Waals surface area contributed by atoms with Crippen molar-refractivity contribution in [1.82, 2.24) is 0 Å². The Labute approximate surface area is 150 Å². The number of hydrogen-bond donors (Lipinski definition) is 0. The Morgan fingerprint density at radius 3 is 2.48 bits per heavy atom. The largest absolute Gasteiger partial charge is 0.490 e. The number of halogens is 1. The maximum absolute atomic E-state index is 14.6. The van der Waals surface area contributed by atoms with E-state index in [0.717, 1.165) is 23.5 Å². The molecule has 2 heteroatoms. The summed E-state index contributed by atoms with van der Waals surface area (Å²) in [7, 11) is 0. The summed E-state index contributed by atoms with van der Waals surface area (Å²) in [4.78, 5) is 0. The molecule has 2 aromatic carbocycles. The molecule has 0 spiro atoms. The summed E-state index contributed by atoms with van der Waals surface area (Å²) in [6.45, 7) is 8.67. The van der Waals surface area contributed by atoms with Crippen molar-refractivity contribution < 1.29 is 9.13 Å². The molecule has 1 aliphatic carbocycles. The van der Waals surface area contributed by atoms with Crippen LogP contribution in [0.5, 0.6) is 5.75 Å². The van der Waals surface area contributed by atoms with Crippen molar-refractivity contribution in [2.75, 3.05) is 6.61 Å². The molecule has 1 aliphatic rings. The minimum Gasteiger partial charge on any atom is -0.490 e. The average Bonchev–Trinajstić information content (AvgIpc) is 2.65. The maximum Gasteiger partial charge on any atom is 0.165 e. The molecular formula is C23H26FO. The summed E-state index contributed by atoms with van der Waals surface area (Å²) < 4.78 is 20.3. The highest BCUT2D eigenvalue weighted by Gasteiger charge is 2.15. The van der Waals surface area contributed by atoms with Crippen LogP contribution in [0, 0.1) is 25.2 Å². The molecule has 0 heterocycles. The summed E-state index contributed by atoms with van der Waals surface area (Å²) in [6.07, 6.45) is 7.58. The molecule has 0 atom stereocenters. The van der Waals surface area contributed by atoms with Crippen LogP contribution in [0.15, 0.2) is 42.5 Å². The second kappa shape index (κ2) is 8.33. The fourth-order valence-electron chi connectivity index (χ4n) is 3.66. The van der Waals surface area contributed by atoms with Crippen LogP contribution in [-0.2, 0) is 0 Å². The molecule has 2 aromatic rings. The predicted molar refractivity (Wildman–Crippen MR) is 101 cm³/mol. The molecule has 1 saturated carbocycles.